The van der Waals surface area contributed by atoms with Gasteiger partial charge < -0.3 is 9.47 Å². The molecule has 94 valence electrons. The minimum atomic E-state index is -0.693. The van der Waals surface area contributed by atoms with Crippen LogP contribution in [-0.2, 0) is 14.3 Å². The standard InChI is InChI=1S/C14H20O3/c1-3-6-12(15)13(7-4-2)8-5-9-14(13)16-10-11-17-14/h3-4H,1-2,5-11H2. The summed E-state index contributed by atoms with van der Waals surface area (Å²) in [5.41, 5.74) is -0.542. The molecule has 3 heteroatoms. The molecule has 1 heterocycles. The number of allylic oxidation sites excluding steroid dienone is 2. The first-order valence-electron chi connectivity index (χ1n) is 6.24. The summed E-state index contributed by atoms with van der Waals surface area (Å²) in [6, 6.07) is 0. The Bertz CT molecular complexity index is 323. The maximum Gasteiger partial charge on any atom is 0.181 e. The smallest absolute Gasteiger partial charge is 0.181 e. The first kappa shape index (κ1) is 12.5. The number of ether oxygens (including phenoxy) is 2. The summed E-state index contributed by atoms with van der Waals surface area (Å²) < 4.78 is 11.6. The summed E-state index contributed by atoms with van der Waals surface area (Å²) in [6.07, 6.45) is 7.07. The van der Waals surface area contributed by atoms with E-state index in [1.165, 1.54) is 0 Å². The van der Waals surface area contributed by atoms with Gasteiger partial charge in [-0.15, -0.1) is 13.2 Å². The van der Waals surface area contributed by atoms with Crippen LogP contribution in [0.15, 0.2) is 25.3 Å². The largest absolute Gasteiger partial charge is 0.346 e. The number of hydrogen-bond acceptors (Lipinski definition) is 3. The van der Waals surface area contributed by atoms with E-state index in [-0.39, 0.29) is 5.78 Å². The first-order chi connectivity index (χ1) is 8.21. The fraction of sp³-hybridized carbons (Fsp3) is 0.643. The van der Waals surface area contributed by atoms with E-state index in [1.807, 2.05) is 0 Å². The average Bonchev–Trinajstić information content (AvgIpc) is 2.91. The van der Waals surface area contributed by atoms with Crippen LogP contribution in [0.1, 0.15) is 32.1 Å². The Morgan fingerprint density at radius 3 is 2.47 bits per heavy atom. The second-order valence-electron chi connectivity index (χ2n) is 4.79. The van der Waals surface area contributed by atoms with Gasteiger partial charge in [0.2, 0.25) is 0 Å². The van der Waals surface area contributed by atoms with Gasteiger partial charge in [-0.05, 0) is 19.3 Å². The molecule has 17 heavy (non-hydrogen) atoms. The van der Waals surface area contributed by atoms with Crippen molar-refractivity contribution in [2.24, 2.45) is 5.41 Å². The van der Waals surface area contributed by atoms with Crippen LogP contribution in [0.2, 0.25) is 0 Å². The molecule has 1 spiro atoms. The summed E-state index contributed by atoms with van der Waals surface area (Å²) in [5, 5.41) is 0. The molecule has 0 amide bonds. The SMILES string of the molecule is C=CCC(=O)C1(CC=C)CCCC12OCCO2. The molecule has 1 atom stereocenters. The Labute approximate surface area is 102 Å². The third-order valence-electron chi connectivity index (χ3n) is 3.95. The van der Waals surface area contributed by atoms with Crippen LogP contribution in [0.3, 0.4) is 0 Å². The quantitative estimate of drug-likeness (QED) is 0.688. The van der Waals surface area contributed by atoms with Gasteiger partial charge in [-0.25, -0.2) is 0 Å². The Balaban J connectivity index is 2.34. The van der Waals surface area contributed by atoms with Gasteiger partial charge in [0.1, 0.15) is 5.78 Å². The topological polar surface area (TPSA) is 35.5 Å². The highest BCUT2D eigenvalue weighted by Gasteiger charge is 2.61. The van der Waals surface area contributed by atoms with Crippen molar-refractivity contribution in [1.29, 1.82) is 0 Å². The van der Waals surface area contributed by atoms with E-state index in [1.54, 1.807) is 12.2 Å². The minimum Gasteiger partial charge on any atom is -0.346 e. The molecular weight excluding hydrogens is 216 g/mol. The van der Waals surface area contributed by atoms with E-state index in [0.717, 1.165) is 19.3 Å². The van der Waals surface area contributed by atoms with E-state index < -0.39 is 11.2 Å². The summed E-state index contributed by atoms with van der Waals surface area (Å²) in [7, 11) is 0. The number of ketones is 1. The lowest BCUT2D eigenvalue weighted by Gasteiger charge is -2.40. The van der Waals surface area contributed by atoms with Gasteiger partial charge in [-0.3, -0.25) is 4.79 Å². The zero-order valence-corrected chi connectivity index (χ0v) is 10.2. The number of carbonyl (C=O) groups is 1. The summed E-state index contributed by atoms with van der Waals surface area (Å²) >= 11 is 0. The molecule has 1 unspecified atom stereocenters. The lowest BCUT2D eigenvalue weighted by Crippen LogP contribution is -2.50. The maximum atomic E-state index is 12.4. The number of rotatable bonds is 5. The van der Waals surface area contributed by atoms with Gasteiger partial charge in [0.25, 0.3) is 0 Å². The van der Waals surface area contributed by atoms with E-state index >= 15 is 0 Å². The molecule has 1 aliphatic heterocycles. The number of hydrogen-bond donors (Lipinski definition) is 0. The zero-order valence-electron chi connectivity index (χ0n) is 10.2. The fourth-order valence-corrected chi connectivity index (χ4v) is 3.22. The van der Waals surface area contributed by atoms with Gasteiger partial charge in [0, 0.05) is 12.8 Å². The van der Waals surface area contributed by atoms with Crippen LogP contribution in [-0.4, -0.2) is 24.8 Å². The normalized spacial score (nSPS) is 30.6. The van der Waals surface area contributed by atoms with Crippen LogP contribution in [0.5, 0.6) is 0 Å². The molecule has 3 nitrogen and oxygen atoms in total. The number of Topliss-reactive ketones (excluding diaryl/α,β-unsaturated/α-hetero) is 1. The highest BCUT2D eigenvalue weighted by atomic mass is 16.7. The maximum absolute atomic E-state index is 12.4. The highest BCUT2D eigenvalue weighted by molar-refractivity contribution is 5.87. The van der Waals surface area contributed by atoms with Gasteiger partial charge in [0.15, 0.2) is 5.79 Å². The van der Waals surface area contributed by atoms with Crippen LogP contribution >= 0.6 is 0 Å². The molecule has 1 saturated carbocycles. The second-order valence-corrected chi connectivity index (χ2v) is 4.79. The van der Waals surface area contributed by atoms with Gasteiger partial charge in [-0.1, -0.05) is 12.2 Å². The van der Waals surface area contributed by atoms with Gasteiger partial charge in [0.05, 0.1) is 18.6 Å². The van der Waals surface area contributed by atoms with Crippen LogP contribution in [0.4, 0.5) is 0 Å². The molecule has 0 radical (unpaired) electrons. The van der Waals surface area contributed by atoms with Gasteiger partial charge in [-0.2, -0.15) is 0 Å². The predicted molar refractivity (Wildman–Crippen MR) is 65.6 cm³/mol. The second kappa shape index (κ2) is 4.75. The lowest BCUT2D eigenvalue weighted by molar-refractivity contribution is -0.218. The Morgan fingerprint density at radius 1 is 1.18 bits per heavy atom. The summed E-state index contributed by atoms with van der Waals surface area (Å²) in [6.45, 7) is 8.59. The van der Waals surface area contributed by atoms with E-state index in [0.29, 0.717) is 26.1 Å². The number of carbonyl (C=O) groups excluding carboxylic acids is 1. The van der Waals surface area contributed by atoms with Crippen molar-refractivity contribution in [2.75, 3.05) is 13.2 Å². The zero-order chi connectivity index (χ0) is 12.4. The Kier molecular flexibility index (Phi) is 3.50. The highest BCUT2D eigenvalue weighted by Crippen LogP contribution is 2.54. The van der Waals surface area contributed by atoms with E-state index in [2.05, 4.69) is 13.2 Å². The van der Waals surface area contributed by atoms with E-state index in [4.69, 9.17) is 9.47 Å². The van der Waals surface area contributed by atoms with Crippen molar-refractivity contribution in [2.45, 2.75) is 37.9 Å². The molecule has 2 rings (SSSR count). The fourth-order valence-electron chi connectivity index (χ4n) is 3.22. The molecule has 2 aliphatic rings. The van der Waals surface area contributed by atoms with Crippen LogP contribution in [0.25, 0.3) is 0 Å². The summed E-state index contributed by atoms with van der Waals surface area (Å²) in [4.78, 5) is 12.4. The van der Waals surface area contributed by atoms with Crippen LogP contribution < -0.4 is 0 Å². The summed E-state index contributed by atoms with van der Waals surface area (Å²) in [5.74, 6) is -0.520. The van der Waals surface area contributed by atoms with E-state index in [9.17, 15) is 4.79 Å². The Hall–Kier alpha value is -0.930. The van der Waals surface area contributed by atoms with Crippen LogP contribution in [0, 0.1) is 5.41 Å². The lowest BCUT2D eigenvalue weighted by atomic mass is 9.73. The molecule has 0 N–H and O–H groups in total. The molecule has 1 saturated heterocycles. The monoisotopic (exact) mass is 236 g/mol. The molecule has 1 aliphatic carbocycles. The molecule has 0 bridgehead atoms. The average molecular weight is 236 g/mol. The molecule has 0 aromatic carbocycles. The van der Waals surface area contributed by atoms with Crippen molar-refractivity contribution < 1.29 is 14.3 Å². The molecule has 0 aromatic heterocycles. The third-order valence-corrected chi connectivity index (χ3v) is 3.95. The first-order valence-corrected chi connectivity index (χ1v) is 6.24. The molecule has 0 aromatic rings. The third kappa shape index (κ3) is 1.78. The van der Waals surface area contributed by atoms with Crippen molar-refractivity contribution in [1.82, 2.24) is 0 Å². The Morgan fingerprint density at radius 2 is 1.88 bits per heavy atom. The van der Waals surface area contributed by atoms with Crippen molar-refractivity contribution >= 4 is 5.78 Å². The van der Waals surface area contributed by atoms with Crippen molar-refractivity contribution in [3.8, 4) is 0 Å². The molecular formula is C14H20O3. The van der Waals surface area contributed by atoms with Crippen molar-refractivity contribution in [3.05, 3.63) is 25.3 Å². The van der Waals surface area contributed by atoms with Crippen molar-refractivity contribution in [3.63, 3.8) is 0 Å². The molecule has 2 fully saturated rings. The van der Waals surface area contributed by atoms with Gasteiger partial charge >= 0.3 is 0 Å². The minimum absolute atomic E-state index is 0.173. The predicted octanol–water partition coefficient (Wildman–Crippen LogP) is 2.62.